The SMILES string of the molecule is CC(OC(=O)c1ccccc1S(C)(=O)=O)C(=O)Nc1ccccc1F. The largest absolute Gasteiger partial charge is 0.449 e. The quantitative estimate of drug-likeness (QED) is 0.822. The Hall–Kier alpha value is -2.74. The molecule has 0 aliphatic rings. The van der Waals surface area contributed by atoms with Gasteiger partial charge in [0, 0.05) is 6.26 Å². The predicted molar refractivity (Wildman–Crippen MR) is 89.5 cm³/mol. The van der Waals surface area contributed by atoms with E-state index in [0.717, 1.165) is 6.26 Å². The summed E-state index contributed by atoms with van der Waals surface area (Å²) in [6, 6.07) is 11.1. The minimum absolute atomic E-state index is 0.0491. The monoisotopic (exact) mass is 365 g/mol. The van der Waals surface area contributed by atoms with Gasteiger partial charge < -0.3 is 10.1 Å². The normalized spacial score (nSPS) is 12.3. The van der Waals surface area contributed by atoms with Gasteiger partial charge in [-0.3, -0.25) is 4.79 Å². The Morgan fingerprint density at radius 3 is 2.32 bits per heavy atom. The Labute approximate surface area is 144 Å². The average molecular weight is 365 g/mol. The summed E-state index contributed by atoms with van der Waals surface area (Å²) < 4.78 is 42.0. The van der Waals surface area contributed by atoms with E-state index in [1.165, 1.54) is 55.5 Å². The van der Waals surface area contributed by atoms with Crippen LogP contribution in [0.5, 0.6) is 0 Å². The van der Waals surface area contributed by atoms with Gasteiger partial charge in [0.2, 0.25) is 0 Å². The van der Waals surface area contributed by atoms with E-state index in [0.29, 0.717) is 0 Å². The fraction of sp³-hybridized carbons (Fsp3) is 0.176. The van der Waals surface area contributed by atoms with Crippen molar-refractivity contribution in [3.63, 3.8) is 0 Å². The first-order valence-electron chi connectivity index (χ1n) is 7.25. The van der Waals surface area contributed by atoms with Crippen LogP contribution >= 0.6 is 0 Å². The van der Waals surface area contributed by atoms with Crippen molar-refractivity contribution in [2.24, 2.45) is 0 Å². The van der Waals surface area contributed by atoms with Gasteiger partial charge in [0.1, 0.15) is 5.82 Å². The van der Waals surface area contributed by atoms with Crippen LogP contribution in [0.15, 0.2) is 53.4 Å². The number of carbonyl (C=O) groups excluding carboxylic acids is 2. The van der Waals surface area contributed by atoms with Crippen molar-refractivity contribution in [2.45, 2.75) is 17.9 Å². The molecule has 0 aliphatic carbocycles. The minimum Gasteiger partial charge on any atom is -0.449 e. The molecular formula is C17H16FNO5S. The van der Waals surface area contributed by atoms with Crippen LogP contribution in [0.4, 0.5) is 10.1 Å². The Bertz CT molecular complexity index is 911. The highest BCUT2D eigenvalue weighted by Crippen LogP contribution is 2.18. The van der Waals surface area contributed by atoms with E-state index in [9.17, 15) is 22.4 Å². The fourth-order valence-electron chi connectivity index (χ4n) is 2.03. The number of hydrogen-bond acceptors (Lipinski definition) is 5. The van der Waals surface area contributed by atoms with Gasteiger partial charge >= 0.3 is 5.97 Å². The van der Waals surface area contributed by atoms with Crippen molar-refractivity contribution in [1.82, 2.24) is 0 Å². The van der Waals surface area contributed by atoms with E-state index >= 15 is 0 Å². The zero-order valence-corrected chi connectivity index (χ0v) is 14.3. The third kappa shape index (κ3) is 4.63. The maximum absolute atomic E-state index is 13.5. The summed E-state index contributed by atoms with van der Waals surface area (Å²) in [6.45, 7) is 1.30. The highest BCUT2D eigenvalue weighted by Gasteiger charge is 2.24. The van der Waals surface area contributed by atoms with Gasteiger partial charge in [0.05, 0.1) is 16.1 Å². The summed E-state index contributed by atoms with van der Waals surface area (Å²) >= 11 is 0. The summed E-state index contributed by atoms with van der Waals surface area (Å²) in [4.78, 5) is 24.1. The number of benzene rings is 2. The smallest absolute Gasteiger partial charge is 0.340 e. The van der Waals surface area contributed by atoms with E-state index in [4.69, 9.17) is 4.74 Å². The third-order valence-electron chi connectivity index (χ3n) is 3.29. The first-order valence-corrected chi connectivity index (χ1v) is 9.14. The highest BCUT2D eigenvalue weighted by atomic mass is 32.2. The van der Waals surface area contributed by atoms with Crippen molar-refractivity contribution in [1.29, 1.82) is 0 Å². The second kappa shape index (κ2) is 7.43. The molecule has 0 bridgehead atoms. The van der Waals surface area contributed by atoms with Gasteiger partial charge in [0.15, 0.2) is 15.9 Å². The van der Waals surface area contributed by atoms with Gasteiger partial charge in [-0.2, -0.15) is 0 Å². The standard InChI is InChI=1S/C17H16FNO5S/c1-11(16(20)19-14-9-5-4-8-13(14)18)24-17(21)12-7-3-6-10-15(12)25(2,22)23/h3-11H,1-2H3,(H,19,20). The molecular weight excluding hydrogens is 349 g/mol. The molecule has 0 saturated heterocycles. The van der Waals surface area contributed by atoms with E-state index in [1.54, 1.807) is 0 Å². The van der Waals surface area contributed by atoms with Gasteiger partial charge in [0.25, 0.3) is 5.91 Å². The number of para-hydroxylation sites is 1. The Balaban J connectivity index is 2.13. The molecule has 0 heterocycles. The number of nitrogens with one attached hydrogen (secondary N) is 1. The zero-order chi connectivity index (χ0) is 18.6. The molecule has 2 aromatic rings. The highest BCUT2D eigenvalue weighted by molar-refractivity contribution is 7.90. The number of amides is 1. The molecule has 25 heavy (non-hydrogen) atoms. The Kier molecular flexibility index (Phi) is 5.53. The summed E-state index contributed by atoms with van der Waals surface area (Å²) in [5.41, 5.74) is -0.220. The topological polar surface area (TPSA) is 89.5 Å². The summed E-state index contributed by atoms with van der Waals surface area (Å²) in [5, 5.41) is 2.30. The molecule has 0 aliphatic heterocycles. The number of rotatable bonds is 5. The molecule has 132 valence electrons. The van der Waals surface area contributed by atoms with Crippen LogP contribution in [-0.2, 0) is 19.4 Å². The lowest BCUT2D eigenvalue weighted by Crippen LogP contribution is -2.30. The zero-order valence-electron chi connectivity index (χ0n) is 13.5. The van der Waals surface area contributed by atoms with Crippen LogP contribution in [0.3, 0.4) is 0 Å². The van der Waals surface area contributed by atoms with Gasteiger partial charge in [-0.25, -0.2) is 17.6 Å². The molecule has 0 aromatic heterocycles. The van der Waals surface area contributed by atoms with Crippen molar-refractivity contribution in [3.05, 3.63) is 59.9 Å². The molecule has 1 amide bonds. The molecule has 2 rings (SSSR count). The summed E-state index contributed by atoms with van der Waals surface area (Å²) in [7, 11) is -3.64. The lowest BCUT2D eigenvalue weighted by Gasteiger charge is -2.15. The number of carbonyl (C=O) groups is 2. The molecule has 8 heteroatoms. The first kappa shape index (κ1) is 18.6. The number of anilines is 1. The van der Waals surface area contributed by atoms with Gasteiger partial charge in [-0.05, 0) is 31.2 Å². The van der Waals surface area contributed by atoms with E-state index in [-0.39, 0.29) is 16.1 Å². The number of sulfone groups is 1. The minimum atomic E-state index is -3.64. The van der Waals surface area contributed by atoms with Crippen LogP contribution < -0.4 is 5.32 Å². The molecule has 0 saturated carbocycles. The van der Waals surface area contributed by atoms with Crippen molar-refractivity contribution >= 4 is 27.4 Å². The van der Waals surface area contributed by atoms with Crippen molar-refractivity contribution < 1.29 is 27.1 Å². The molecule has 0 radical (unpaired) electrons. The molecule has 2 aromatic carbocycles. The third-order valence-corrected chi connectivity index (χ3v) is 4.45. The maximum atomic E-state index is 13.5. The summed E-state index contributed by atoms with van der Waals surface area (Å²) in [5.74, 6) is -2.33. The van der Waals surface area contributed by atoms with Crippen LogP contribution in [0.1, 0.15) is 17.3 Å². The molecule has 0 fully saturated rings. The van der Waals surface area contributed by atoms with Crippen LogP contribution in [-0.4, -0.2) is 32.7 Å². The van der Waals surface area contributed by atoms with E-state index < -0.39 is 33.6 Å². The number of hydrogen-bond donors (Lipinski definition) is 1. The van der Waals surface area contributed by atoms with Crippen LogP contribution in [0.2, 0.25) is 0 Å². The van der Waals surface area contributed by atoms with Crippen molar-refractivity contribution in [3.8, 4) is 0 Å². The second-order valence-electron chi connectivity index (χ2n) is 5.28. The number of halogens is 1. The van der Waals surface area contributed by atoms with Crippen LogP contribution in [0, 0.1) is 5.82 Å². The Morgan fingerprint density at radius 2 is 1.68 bits per heavy atom. The second-order valence-corrected chi connectivity index (χ2v) is 7.27. The average Bonchev–Trinajstić information content (AvgIpc) is 2.56. The lowest BCUT2D eigenvalue weighted by atomic mass is 10.2. The van der Waals surface area contributed by atoms with E-state index in [2.05, 4.69) is 5.32 Å². The predicted octanol–water partition coefficient (Wildman–Crippen LogP) is 2.41. The summed E-state index contributed by atoms with van der Waals surface area (Å²) in [6.07, 6.45) is -0.285. The maximum Gasteiger partial charge on any atom is 0.340 e. The lowest BCUT2D eigenvalue weighted by molar-refractivity contribution is -0.123. The molecule has 1 N–H and O–H groups in total. The van der Waals surface area contributed by atoms with Gasteiger partial charge in [-0.15, -0.1) is 0 Å². The number of ether oxygens (including phenoxy) is 1. The molecule has 0 spiro atoms. The fourth-order valence-corrected chi connectivity index (χ4v) is 2.91. The number of esters is 1. The van der Waals surface area contributed by atoms with Crippen LogP contribution in [0.25, 0.3) is 0 Å². The van der Waals surface area contributed by atoms with Crippen molar-refractivity contribution in [2.75, 3.05) is 11.6 Å². The molecule has 1 atom stereocenters. The van der Waals surface area contributed by atoms with E-state index in [1.807, 2.05) is 0 Å². The molecule has 1 unspecified atom stereocenters. The Morgan fingerprint density at radius 1 is 1.08 bits per heavy atom. The molecule has 6 nitrogen and oxygen atoms in total. The van der Waals surface area contributed by atoms with Gasteiger partial charge in [-0.1, -0.05) is 24.3 Å². The first-order chi connectivity index (χ1) is 11.7.